The Morgan fingerprint density at radius 1 is 0.387 bits per heavy atom. The Balaban J connectivity index is 0.962. The Kier molecular flexibility index (Phi) is 8.52. The number of nitrogens with zero attached hydrogens (tertiary/aromatic N) is 1. The molecule has 0 saturated carbocycles. The van der Waals surface area contributed by atoms with Crippen molar-refractivity contribution in [3.8, 4) is 55.6 Å². The van der Waals surface area contributed by atoms with Crippen LogP contribution in [0.1, 0.15) is 12.0 Å². The normalized spacial score (nSPS) is 15.4. The summed E-state index contributed by atoms with van der Waals surface area (Å²) in [5.41, 5.74) is 19.9. The monoisotopic (exact) mass is 807 g/mol. The SMILES string of the molecule is C[Si]1(C)c2cc(-c3cccc4ccccc34)ccc2C2=CC=C(n3c4ccc(-c5ccc(-c6ccccc6)cc5)cc4c4cc(-c5ccc(-c6ccccc6)cc5)ccc43)CC21. The van der Waals surface area contributed by atoms with Gasteiger partial charge >= 0.3 is 0 Å². The van der Waals surface area contributed by atoms with E-state index < -0.39 is 8.07 Å². The molecular weight excluding hydrogens is 763 g/mol. The zero-order valence-corrected chi connectivity index (χ0v) is 36.0. The van der Waals surface area contributed by atoms with Crippen molar-refractivity contribution in [3.63, 3.8) is 0 Å². The van der Waals surface area contributed by atoms with Crippen molar-refractivity contribution in [2.24, 2.45) is 0 Å². The van der Waals surface area contributed by atoms with Crippen LogP contribution in [0.5, 0.6) is 0 Å². The van der Waals surface area contributed by atoms with Gasteiger partial charge < -0.3 is 4.57 Å². The van der Waals surface area contributed by atoms with Gasteiger partial charge in [-0.2, -0.15) is 0 Å². The predicted molar refractivity (Wildman–Crippen MR) is 268 cm³/mol. The van der Waals surface area contributed by atoms with Crippen molar-refractivity contribution in [1.29, 1.82) is 0 Å². The van der Waals surface area contributed by atoms with Crippen molar-refractivity contribution in [2.45, 2.75) is 25.1 Å². The van der Waals surface area contributed by atoms with Crippen LogP contribution in [0.25, 0.3) is 99.5 Å². The summed E-state index contributed by atoms with van der Waals surface area (Å²) in [5.74, 6) is 0. The Hall–Kier alpha value is -7.26. The molecule has 1 unspecified atom stereocenters. The third-order valence-electron chi connectivity index (χ3n) is 13.9. The Bertz CT molecular complexity index is 3280. The lowest BCUT2D eigenvalue weighted by atomic mass is 9.93. The van der Waals surface area contributed by atoms with Crippen molar-refractivity contribution in [2.75, 3.05) is 0 Å². The molecule has 2 heteroatoms. The van der Waals surface area contributed by atoms with Crippen LogP contribution in [0.4, 0.5) is 0 Å². The van der Waals surface area contributed by atoms with Gasteiger partial charge in [0, 0.05) is 16.5 Å². The van der Waals surface area contributed by atoms with Crippen molar-refractivity contribution < 1.29 is 0 Å². The quantitative estimate of drug-likeness (QED) is 0.148. The lowest BCUT2D eigenvalue weighted by Gasteiger charge is -2.30. The number of aromatic nitrogens is 1. The highest BCUT2D eigenvalue weighted by atomic mass is 28.3. The Morgan fingerprint density at radius 2 is 0.871 bits per heavy atom. The fraction of sp³-hybridized carbons (Fsp3) is 0.0667. The molecule has 2 aliphatic rings. The number of allylic oxidation sites excluding steroid dienone is 4. The van der Waals surface area contributed by atoms with Crippen LogP contribution in [-0.4, -0.2) is 12.6 Å². The maximum Gasteiger partial charge on any atom is 0.0892 e. The average Bonchev–Trinajstić information content (AvgIpc) is 3.78. The molecule has 0 spiro atoms. The van der Waals surface area contributed by atoms with Crippen LogP contribution in [0.3, 0.4) is 0 Å². The van der Waals surface area contributed by atoms with E-state index >= 15 is 0 Å². The molecular formula is C60H45NSi. The van der Waals surface area contributed by atoms with Crippen molar-refractivity contribution in [3.05, 3.63) is 224 Å². The highest BCUT2D eigenvalue weighted by Gasteiger charge is 2.46. The smallest absolute Gasteiger partial charge is 0.0892 e. The van der Waals surface area contributed by atoms with Crippen LogP contribution >= 0.6 is 0 Å². The van der Waals surface area contributed by atoms with Crippen LogP contribution in [-0.2, 0) is 0 Å². The minimum atomic E-state index is -1.93. The van der Waals surface area contributed by atoms with Gasteiger partial charge in [-0.1, -0.05) is 206 Å². The first-order chi connectivity index (χ1) is 30.5. The maximum absolute atomic E-state index is 2.60. The van der Waals surface area contributed by atoms with Gasteiger partial charge in [0.05, 0.1) is 19.1 Å². The second-order valence-corrected chi connectivity index (χ2v) is 22.4. The third-order valence-corrected chi connectivity index (χ3v) is 18.0. The lowest BCUT2D eigenvalue weighted by molar-refractivity contribution is 0.970. The van der Waals surface area contributed by atoms with Gasteiger partial charge in [0.15, 0.2) is 0 Å². The summed E-state index contributed by atoms with van der Waals surface area (Å²) in [6.45, 7) is 5.20. The molecule has 62 heavy (non-hydrogen) atoms. The summed E-state index contributed by atoms with van der Waals surface area (Å²) < 4.78 is 2.58. The van der Waals surface area contributed by atoms with E-state index in [4.69, 9.17) is 0 Å². The molecule has 9 aromatic carbocycles. The van der Waals surface area contributed by atoms with E-state index in [0.29, 0.717) is 5.54 Å². The molecule has 1 aliphatic heterocycles. The summed E-state index contributed by atoms with van der Waals surface area (Å²) in [4.78, 5) is 0. The molecule has 1 aromatic heterocycles. The molecule has 12 rings (SSSR count). The molecule has 294 valence electrons. The number of fused-ring (bicyclic) bond motifs is 7. The molecule has 0 fully saturated rings. The third kappa shape index (κ3) is 5.97. The van der Waals surface area contributed by atoms with E-state index in [-0.39, 0.29) is 0 Å². The highest BCUT2D eigenvalue weighted by Crippen LogP contribution is 2.51. The first-order valence-corrected chi connectivity index (χ1v) is 25.0. The predicted octanol–water partition coefficient (Wildman–Crippen LogP) is 15.9. The van der Waals surface area contributed by atoms with Crippen LogP contribution in [0, 0.1) is 0 Å². The van der Waals surface area contributed by atoms with Crippen LogP contribution < -0.4 is 5.19 Å². The summed E-state index contributed by atoms with van der Waals surface area (Å²) in [6.07, 6.45) is 5.91. The van der Waals surface area contributed by atoms with Gasteiger partial charge in [0.25, 0.3) is 0 Å². The first kappa shape index (κ1) is 36.6. The number of hydrogen-bond donors (Lipinski definition) is 0. The van der Waals surface area contributed by atoms with Crippen molar-refractivity contribution >= 4 is 57.1 Å². The molecule has 2 heterocycles. The van der Waals surface area contributed by atoms with Gasteiger partial charge in [-0.25, -0.2) is 0 Å². The fourth-order valence-electron chi connectivity index (χ4n) is 10.6. The Morgan fingerprint density at radius 3 is 1.47 bits per heavy atom. The largest absolute Gasteiger partial charge is 0.313 e. The summed E-state index contributed by atoms with van der Waals surface area (Å²) in [6, 6.07) is 76.5. The zero-order valence-electron chi connectivity index (χ0n) is 35.0. The average molecular weight is 808 g/mol. The van der Waals surface area contributed by atoms with Gasteiger partial charge in [0.1, 0.15) is 0 Å². The second kappa shape index (κ2) is 14.4. The zero-order chi connectivity index (χ0) is 41.4. The van der Waals surface area contributed by atoms with Crippen LogP contribution in [0.2, 0.25) is 18.6 Å². The van der Waals surface area contributed by atoms with E-state index in [1.165, 1.54) is 105 Å². The minimum Gasteiger partial charge on any atom is -0.313 e. The second-order valence-electron chi connectivity index (χ2n) is 17.7. The van der Waals surface area contributed by atoms with E-state index in [0.717, 1.165) is 6.42 Å². The van der Waals surface area contributed by atoms with Gasteiger partial charge in [-0.3, -0.25) is 0 Å². The van der Waals surface area contributed by atoms with Crippen LogP contribution in [0.15, 0.2) is 218 Å². The molecule has 0 amide bonds. The molecule has 0 N–H and O–H groups in total. The Labute approximate surface area is 364 Å². The number of rotatable bonds is 6. The molecule has 10 aromatic rings. The number of hydrogen-bond acceptors (Lipinski definition) is 0. The summed E-state index contributed by atoms with van der Waals surface area (Å²) >= 11 is 0. The molecule has 0 saturated heterocycles. The van der Waals surface area contributed by atoms with Gasteiger partial charge in [-0.15, -0.1) is 0 Å². The first-order valence-electron chi connectivity index (χ1n) is 21.9. The maximum atomic E-state index is 2.60. The molecule has 1 nitrogen and oxygen atoms in total. The van der Waals surface area contributed by atoms with E-state index in [2.05, 4.69) is 236 Å². The summed E-state index contributed by atoms with van der Waals surface area (Å²) in [5, 5.41) is 6.77. The standard InChI is InChI=1S/C60H45NSi/c1-62(2)59-38-49(52-19-11-17-46-16-9-10-18-51(46)52)28-32-53(59)54-33-31-50(39-60(54)62)61-57-34-29-47(44-24-20-42(21-25-44)40-12-5-3-6-13-40)36-55(57)56-37-48(30-35-58(56)61)45-26-22-43(23-27-45)41-14-7-4-8-15-41/h3-38,60H,39H2,1-2H3. The molecule has 1 atom stereocenters. The summed E-state index contributed by atoms with van der Waals surface area (Å²) in [7, 11) is -1.93. The topological polar surface area (TPSA) is 4.93 Å². The lowest BCUT2D eigenvalue weighted by Crippen LogP contribution is -2.42. The van der Waals surface area contributed by atoms with Gasteiger partial charge in [-0.05, 0) is 120 Å². The molecule has 0 bridgehead atoms. The number of benzene rings is 9. The van der Waals surface area contributed by atoms with Gasteiger partial charge in [0.2, 0.25) is 0 Å². The minimum absolute atomic E-state index is 0.498. The van der Waals surface area contributed by atoms with E-state index in [1.807, 2.05) is 0 Å². The van der Waals surface area contributed by atoms with Crippen molar-refractivity contribution in [1.82, 2.24) is 4.57 Å². The fourth-order valence-corrected chi connectivity index (χ4v) is 14.2. The van der Waals surface area contributed by atoms with E-state index in [9.17, 15) is 0 Å². The van der Waals surface area contributed by atoms with E-state index in [1.54, 1.807) is 5.19 Å². The molecule has 1 aliphatic carbocycles. The molecule has 0 radical (unpaired) electrons. The highest BCUT2D eigenvalue weighted by molar-refractivity contribution is 6.95.